The first-order chi connectivity index (χ1) is 12.2. The van der Waals surface area contributed by atoms with Gasteiger partial charge in [-0.15, -0.1) is 0 Å². The molecule has 3 N–H and O–H groups in total. The highest BCUT2D eigenvalue weighted by Crippen LogP contribution is 2.26. The predicted molar refractivity (Wildman–Crippen MR) is 90.3 cm³/mol. The summed E-state index contributed by atoms with van der Waals surface area (Å²) in [6, 6.07) is 6.92. The lowest BCUT2D eigenvalue weighted by atomic mass is 10.3. The van der Waals surface area contributed by atoms with Gasteiger partial charge in [0, 0.05) is 18.1 Å². The first kappa shape index (κ1) is 14.8. The van der Waals surface area contributed by atoms with Gasteiger partial charge >= 0.3 is 0 Å². The van der Waals surface area contributed by atoms with E-state index in [-0.39, 0.29) is 18.4 Å². The third-order valence-corrected chi connectivity index (χ3v) is 3.51. The molecular weight excluding hydrogens is 322 g/mol. The molecule has 0 aliphatic rings. The van der Waals surface area contributed by atoms with Gasteiger partial charge in [0.05, 0.1) is 12.6 Å². The SMILES string of the molecule is Nc1nc(-c2ccco2)c2ncn(CC(=O)Nc3ccncc3)c2n1. The molecule has 9 heteroatoms. The molecule has 4 rings (SSSR count). The number of nitrogens with two attached hydrogens (primary N) is 1. The monoisotopic (exact) mass is 335 g/mol. The molecule has 0 atom stereocenters. The van der Waals surface area contributed by atoms with E-state index in [1.165, 1.54) is 6.33 Å². The van der Waals surface area contributed by atoms with Gasteiger partial charge in [-0.25, -0.2) is 9.97 Å². The molecule has 0 spiro atoms. The Labute approximate surface area is 141 Å². The maximum atomic E-state index is 12.2. The van der Waals surface area contributed by atoms with E-state index in [4.69, 9.17) is 10.2 Å². The number of furan rings is 1. The second-order valence-electron chi connectivity index (χ2n) is 5.24. The Kier molecular flexibility index (Phi) is 3.58. The molecule has 0 saturated heterocycles. The number of fused-ring (bicyclic) bond motifs is 1. The Morgan fingerprint density at radius 1 is 1.24 bits per heavy atom. The first-order valence-corrected chi connectivity index (χ1v) is 7.43. The van der Waals surface area contributed by atoms with E-state index in [0.717, 1.165) is 0 Å². The zero-order chi connectivity index (χ0) is 17.2. The van der Waals surface area contributed by atoms with Gasteiger partial charge in [0.1, 0.15) is 17.8 Å². The van der Waals surface area contributed by atoms with Gasteiger partial charge in [-0.2, -0.15) is 4.98 Å². The summed E-state index contributed by atoms with van der Waals surface area (Å²) in [6.45, 7) is 0.0346. The molecule has 0 aliphatic heterocycles. The van der Waals surface area contributed by atoms with E-state index in [2.05, 4.69) is 25.3 Å². The fourth-order valence-corrected chi connectivity index (χ4v) is 2.45. The third-order valence-electron chi connectivity index (χ3n) is 3.51. The number of imidazole rings is 1. The topological polar surface area (TPSA) is 125 Å². The average molecular weight is 335 g/mol. The van der Waals surface area contributed by atoms with Crippen molar-refractivity contribution < 1.29 is 9.21 Å². The maximum absolute atomic E-state index is 12.2. The molecule has 0 radical (unpaired) electrons. The van der Waals surface area contributed by atoms with Crippen LogP contribution in [0.25, 0.3) is 22.6 Å². The zero-order valence-corrected chi connectivity index (χ0v) is 13.0. The van der Waals surface area contributed by atoms with Gasteiger partial charge in [0.15, 0.2) is 11.4 Å². The number of nitrogens with zero attached hydrogens (tertiary/aromatic N) is 5. The van der Waals surface area contributed by atoms with E-state index in [0.29, 0.717) is 28.3 Å². The number of nitrogen functional groups attached to an aromatic ring is 1. The number of nitrogens with one attached hydrogen (secondary N) is 1. The standard InChI is InChI=1S/C16H13N7O2/c17-16-21-13(11-2-1-7-25-11)14-15(22-16)23(9-19-14)8-12(24)20-10-3-5-18-6-4-10/h1-7,9H,8H2,(H2,17,21,22)(H,18,20,24). The highest BCUT2D eigenvalue weighted by molar-refractivity contribution is 5.92. The summed E-state index contributed by atoms with van der Waals surface area (Å²) in [6.07, 6.45) is 6.27. The van der Waals surface area contributed by atoms with Gasteiger partial charge in [0.2, 0.25) is 11.9 Å². The molecule has 0 aromatic carbocycles. The third kappa shape index (κ3) is 2.90. The van der Waals surface area contributed by atoms with Crippen LogP contribution < -0.4 is 11.1 Å². The van der Waals surface area contributed by atoms with Gasteiger partial charge in [0.25, 0.3) is 0 Å². The summed E-state index contributed by atoms with van der Waals surface area (Å²) in [5, 5.41) is 2.78. The molecule has 4 heterocycles. The quantitative estimate of drug-likeness (QED) is 0.581. The van der Waals surface area contributed by atoms with Crippen molar-refractivity contribution in [3.63, 3.8) is 0 Å². The molecule has 1 amide bonds. The summed E-state index contributed by atoms with van der Waals surface area (Å²) in [5.74, 6) is 0.392. The van der Waals surface area contributed by atoms with E-state index < -0.39 is 0 Å². The number of hydrogen-bond acceptors (Lipinski definition) is 7. The number of aromatic nitrogens is 5. The normalized spacial score (nSPS) is 10.9. The lowest BCUT2D eigenvalue weighted by Crippen LogP contribution is -2.18. The van der Waals surface area contributed by atoms with Crippen LogP contribution in [0.3, 0.4) is 0 Å². The van der Waals surface area contributed by atoms with Crippen molar-refractivity contribution in [1.29, 1.82) is 0 Å². The molecule has 0 bridgehead atoms. The second-order valence-corrected chi connectivity index (χ2v) is 5.24. The van der Waals surface area contributed by atoms with Crippen LogP contribution in [0.2, 0.25) is 0 Å². The van der Waals surface area contributed by atoms with Crippen molar-refractivity contribution in [2.45, 2.75) is 6.54 Å². The molecule has 124 valence electrons. The molecule has 0 saturated carbocycles. The Morgan fingerprint density at radius 3 is 2.84 bits per heavy atom. The highest BCUT2D eigenvalue weighted by Gasteiger charge is 2.17. The van der Waals surface area contributed by atoms with Gasteiger partial charge in [-0.05, 0) is 24.3 Å². The van der Waals surface area contributed by atoms with Crippen molar-refractivity contribution in [3.05, 3.63) is 49.2 Å². The molecule has 9 nitrogen and oxygen atoms in total. The predicted octanol–water partition coefficient (Wildman–Crippen LogP) is 1.70. The Morgan fingerprint density at radius 2 is 2.08 bits per heavy atom. The molecular formula is C16H13N7O2. The van der Waals surface area contributed by atoms with E-state index in [1.807, 2.05) is 0 Å². The average Bonchev–Trinajstić information content (AvgIpc) is 3.26. The summed E-state index contributed by atoms with van der Waals surface area (Å²) in [5.41, 5.74) is 7.93. The summed E-state index contributed by atoms with van der Waals surface area (Å²) in [4.78, 5) is 28.9. The van der Waals surface area contributed by atoms with Crippen LogP contribution in [0.5, 0.6) is 0 Å². The van der Waals surface area contributed by atoms with Crippen molar-refractivity contribution in [2.24, 2.45) is 0 Å². The first-order valence-electron chi connectivity index (χ1n) is 7.43. The van der Waals surface area contributed by atoms with Crippen molar-refractivity contribution in [2.75, 3.05) is 11.1 Å². The van der Waals surface area contributed by atoms with Crippen LogP contribution in [0.4, 0.5) is 11.6 Å². The van der Waals surface area contributed by atoms with Crippen molar-refractivity contribution >= 4 is 28.7 Å². The van der Waals surface area contributed by atoms with Crippen LogP contribution in [0, 0.1) is 0 Å². The largest absolute Gasteiger partial charge is 0.463 e. The number of anilines is 2. The molecule has 0 unspecified atom stereocenters. The van der Waals surface area contributed by atoms with Crippen molar-refractivity contribution in [3.8, 4) is 11.5 Å². The summed E-state index contributed by atoms with van der Waals surface area (Å²) in [7, 11) is 0. The van der Waals surface area contributed by atoms with Crippen LogP contribution in [-0.4, -0.2) is 30.4 Å². The van der Waals surface area contributed by atoms with Crippen LogP contribution in [0.1, 0.15) is 0 Å². The van der Waals surface area contributed by atoms with Crippen LogP contribution in [0.15, 0.2) is 53.7 Å². The molecule has 25 heavy (non-hydrogen) atoms. The Balaban J connectivity index is 1.66. The minimum atomic E-state index is -0.220. The van der Waals surface area contributed by atoms with Gasteiger partial charge < -0.3 is 20.0 Å². The van der Waals surface area contributed by atoms with Gasteiger partial charge in [-0.3, -0.25) is 9.78 Å². The maximum Gasteiger partial charge on any atom is 0.244 e. The number of carbonyl (C=O) groups excluding carboxylic acids is 1. The molecule has 0 fully saturated rings. The second kappa shape index (κ2) is 6.04. The fourth-order valence-electron chi connectivity index (χ4n) is 2.45. The minimum absolute atomic E-state index is 0.0346. The van der Waals surface area contributed by atoms with Crippen molar-refractivity contribution in [1.82, 2.24) is 24.5 Å². The number of amides is 1. The number of hydrogen-bond donors (Lipinski definition) is 2. The minimum Gasteiger partial charge on any atom is -0.463 e. The number of pyridine rings is 1. The Hall–Kier alpha value is -3.75. The zero-order valence-electron chi connectivity index (χ0n) is 13.0. The number of carbonyl (C=O) groups is 1. The molecule has 4 aromatic rings. The highest BCUT2D eigenvalue weighted by atomic mass is 16.3. The fraction of sp³-hybridized carbons (Fsp3) is 0.0625. The van der Waals surface area contributed by atoms with E-state index in [1.54, 1.807) is 47.5 Å². The smallest absolute Gasteiger partial charge is 0.244 e. The number of rotatable bonds is 4. The molecule has 4 aromatic heterocycles. The lowest BCUT2D eigenvalue weighted by molar-refractivity contribution is -0.116. The van der Waals surface area contributed by atoms with Crippen LogP contribution in [-0.2, 0) is 11.3 Å². The Bertz CT molecular complexity index is 1030. The van der Waals surface area contributed by atoms with Gasteiger partial charge in [-0.1, -0.05) is 0 Å². The van der Waals surface area contributed by atoms with E-state index in [9.17, 15) is 4.79 Å². The molecule has 0 aliphatic carbocycles. The summed E-state index contributed by atoms with van der Waals surface area (Å²) < 4.78 is 6.98. The summed E-state index contributed by atoms with van der Waals surface area (Å²) >= 11 is 0. The van der Waals surface area contributed by atoms with Crippen LogP contribution >= 0.6 is 0 Å². The lowest BCUT2D eigenvalue weighted by Gasteiger charge is -2.06. The van der Waals surface area contributed by atoms with E-state index >= 15 is 0 Å².